The molecule has 0 atom stereocenters. The van der Waals surface area contributed by atoms with E-state index in [1.165, 1.54) is 0 Å². The number of nitrogens with one attached hydrogen (secondary N) is 2. The number of anilines is 10. The first-order valence-corrected chi connectivity index (χ1v) is 22.7. The average molecular weight is 915 g/mol. The quantitative estimate of drug-likeness (QED) is 0.0831. The van der Waals surface area contributed by atoms with Crippen molar-refractivity contribution in [2.45, 2.75) is 0 Å². The molecule has 0 aliphatic carbocycles. The van der Waals surface area contributed by atoms with Crippen molar-refractivity contribution in [2.24, 2.45) is 10.2 Å². The van der Waals surface area contributed by atoms with E-state index in [1.807, 2.05) is 216 Å². The van der Waals surface area contributed by atoms with Gasteiger partial charge in [-0.15, -0.1) is 10.2 Å². The van der Waals surface area contributed by atoms with Crippen LogP contribution in [0.25, 0.3) is 12.2 Å². The van der Waals surface area contributed by atoms with Crippen molar-refractivity contribution in [3.63, 3.8) is 0 Å². The van der Waals surface area contributed by atoms with Crippen molar-refractivity contribution >= 4 is 69.0 Å². The Morgan fingerprint density at radius 2 is 0.543 bits per heavy atom. The van der Waals surface area contributed by atoms with Gasteiger partial charge in [0.15, 0.2) is 11.6 Å². The van der Waals surface area contributed by atoms with Gasteiger partial charge in [0.25, 0.3) is 0 Å². The maximum absolute atomic E-state index is 8.32. The molecule has 9 rings (SSSR count). The molecule has 0 saturated carbocycles. The van der Waals surface area contributed by atoms with Crippen LogP contribution in [0.4, 0.5) is 56.9 Å². The van der Waals surface area contributed by atoms with Crippen molar-refractivity contribution in [3.05, 3.63) is 265 Å². The van der Waals surface area contributed by atoms with Gasteiger partial charge in [0.05, 0.1) is 14.2 Å². The minimum atomic E-state index is 0.469. The summed E-state index contributed by atoms with van der Waals surface area (Å²) in [6, 6.07) is 80.9. The molecule has 0 amide bonds. The van der Waals surface area contributed by atoms with E-state index in [2.05, 4.69) is 68.6 Å². The van der Waals surface area contributed by atoms with E-state index in [4.69, 9.17) is 20.5 Å². The summed E-state index contributed by atoms with van der Waals surface area (Å²) in [4.78, 5) is 8.36. The highest BCUT2D eigenvalue weighted by atomic mass is 16.5. The molecule has 0 aliphatic heterocycles. The highest BCUT2D eigenvalue weighted by molar-refractivity contribution is 5.83. The molecule has 0 aliphatic rings. The van der Waals surface area contributed by atoms with Crippen LogP contribution in [0, 0.1) is 11.1 Å². The Morgan fingerprint density at radius 3 is 0.771 bits per heavy atom. The number of para-hydroxylation sites is 4. The number of benzene rings is 9. The van der Waals surface area contributed by atoms with Crippen LogP contribution in [0.15, 0.2) is 265 Å². The number of nitrogens with zero attached hydrogens (tertiary/aromatic N) is 6. The van der Waals surface area contributed by atoms with Crippen molar-refractivity contribution in [1.82, 2.24) is 0 Å². The Kier molecular flexibility index (Phi) is 14.2. The molecule has 10 heteroatoms. The molecule has 0 aromatic heterocycles. The molecule has 9 aromatic carbocycles. The van der Waals surface area contributed by atoms with Gasteiger partial charge >= 0.3 is 0 Å². The Hall–Kier alpha value is -9.54. The highest BCUT2D eigenvalue weighted by Crippen LogP contribution is 2.41. The first kappa shape index (κ1) is 45.6. The summed E-state index contributed by atoms with van der Waals surface area (Å²) in [5.41, 5.74) is 27.7. The van der Waals surface area contributed by atoms with Gasteiger partial charge in [-0.1, -0.05) is 97.1 Å². The molecule has 0 fully saturated rings. The third-order valence-electron chi connectivity index (χ3n) is 11.7. The third kappa shape index (κ3) is 10.4. The summed E-state index contributed by atoms with van der Waals surface area (Å²) >= 11 is 0. The second-order valence-electron chi connectivity index (χ2n) is 16.0. The average Bonchev–Trinajstić information content (AvgIpc) is 3.43. The number of ether oxygens (including phenoxy) is 2. The molecule has 9 aromatic rings. The fourth-order valence-electron chi connectivity index (χ4n) is 8.27. The second kappa shape index (κ2) is 21.8. The van der Waals surface area contributed by atoms with Crippen LogP contribution in [-0.4, -0.2) is 14.2 Å². The standard InChI is InChI=1S/C60H50N8O2/c1-69-57-39-35-55(36-40-57)66(56-37-41-58(70-2)42-38-56)54-33-31-53(32-34-54)65(51-27-23-45(24-28-51)43-59(63-61)67(47-15-7-3-8-16-47)48-17-9-4-10-18-48)52-29-25-46(26-30-52)44-60(64-62)68(49-19-11-5-12-20-49)50-21-13-6-14-22-50/h3-44,61-62H,1-2H3. The van der Waals surface area contributed by atoms with Crippen molar-refractivity contribution < 1.29 is 9.47 Å². The lowest BCUT2D eigenvalue weighted by atomic mass is 10.1. The van der Waals surface area contributed by atoms with Crippen LogP contribution in [0.3, 0.4) is 0 Å². The van der Waals surface area contributed by atoms with Crippen LogP contribution in [0.1, 0.15) is 11.1 Å². The van der Waals surface area contributed by atoms with E-state index in [9.17, 15) is 0 Å². The largest absolute Gasteiger partial charge is 0.497 e. The Balaban J connectivity index is 1.10. The summed E-state index contributed by atoms with van der Waals surface area (Å²) in [5, 5.41) is 8.07. The third-order valence-corrected chi connectivity index (χ3v) is 11.7. The summed E-state index contributed by atoms with van der Waals surface area (Å²) in [7, 11) is 3.34. The maximum Gasteiger partial charge on any atom is 0.160 e. The van der Waals surface area contributed by atoms with Crippen LogP contribution in [-0.2, 0) is 0 Å². The molecule has 10 nitrogen and oxygen atoms in total. The number of hydrogen-bond donors (Lipinski definition) is 2. The fraction of sp³-hybridized carbons (Fsp3) is 0.0333. The van der Waals surface area contributed by atoms with Crippen molar-refractivity contribution in [3.8, 4) is 11.5 Å². The monoisotopic (exact) mass is 914 g/mol. The Morgan fingerprint density at radius 1 is 0.314 bits per heavy atom. The van der Waals surface area contributed by atoms with E-state index >= 15 is 0 Å². The maximum atomic E-state index is 8.32. The Labute approximate surface area is 408 Å². The van der Waals surface area contributed by atoms with Gasteiger partial charge in [0.1, 0.15) is 11.5 Å². The molecule has 70 heavy (non-hydrogen) atoms. The Bertz CT molecular complexity index is 2900. The number of rotatable bonds is 18. The van der Waals surface area contributed by atoms with Crippen LogP contribution in [0.2, 0.25) is 0 Å². The molecule has 0 radical (unpaired) electrons. The van der Waals surface area contributed by atoms with Gasteiger partial charge in [0.2, 0.25) is 0 Å². The summed E-state index contributed by atoms with van der Waals surface area (Å²) in [5.74, 6) is 2.49. The lowest BCUT2D eigenvalue weighted by molar-refractivity contribution is 0.415. The lowest BCUT2D eigenvalue weighted by Crippen LogP contribution is -2.14. The van der Waals surface area contributed by atoms with Gasteiger partial charge in [-0.25, -0.2) is 11.1 Å². The van der Waals surface area contributed by atoms with E-state index in [1.54, 1.807) is 14.2 Å². The van der Waals surface area contributed by atoms with E-state index in [0.29, 0.717) is 11.6 Å². The topological polar surface area (TPSA) is 104 Å². The van der Waals surface area contributed by atoms with E-state index < -0.39 is 0 Å². The predicted molar refractivity (Wildman–Crippen MR) is 285 cm³/mol. The predicted octanol–water partition coefficient (Wildman–Crippen LogP) is 17.0. The van der Waals surface area contributed by atoms with E-state index in [-0.39, 0.29) is 0 Å². The first-order valence-electron chi connectivity index (χ1n) is 22.7. The number of methoxy groups -OCH3 is 2. The molecule has 2 N–H and O–H groups in total. The highest BCUT2D eigenvalue weighted by Gasteiger charge is 2.19. The minimum Gasteiger partial charge on any atom is -0.497 e. The SMILES string of the molecule is COc1ccc(N(c2ccc(OC)cc2)c2ccc(N(c3ccc(C=C(N=N)N(c4ccccc4)c4ccccc4)cc3)c3ccc(C=C(N=N)N(c4ccccc4)c4ccccc4)cc3)cc2)cc1. The van der Waals surface area contributed by atoms with Crippen molar-refractivity contribution in [1.29, 1.82) is 11.1 Å². The number of hydrogen-bond acceptors (Lipinski definition) is 10. The van der Waals surface area contributed by atoms with Crippen LogP contribution >= 0.6 is 0 Å². The normalized spacial score (nSPS) is 11.3. The first-order chi connectivity index (χ1) is 34.5. The minimum absolute atomic E-state index is 0.469. The van der Waals surface area contributed by atoms with Gasteiger partial charge in [-0.3, -0.25) is 9.80 Å². The fourth-order valence-corrected chi connectivity index (χ4v) is 8.27. The van der Waals surface area contributed by atoms with Gasteiger partial charge in [-0.05, 0) is 169 Å². The van der Waals surface area contributed by atoms with Crippen molar-refractivity contribution in [2.75, 3.05) is 33.8 Å². The molecule has 0 unspecified atom stereocenters. The second-order valence-corrected chi connectivity index (χ2v) is 16.0. The summed E-state index contributed by atoms with van der Waals surface area (Å²) < 4.78 is 11.0. The van der Waals surface area contributed by atoms with Crippen LogP contribution in [0.5, 0.6) is 11.5 Å². The van der Waals surface area contributed by atoms with Gasteiger partial charge in [0, 0.05) is 56.9 Å². The molecular formula is C60H50N8O2. The zero-order valence-electron chi connectivity index (χ0n) is 38.7. The summed E-state index contributed by atoms with van der Waals surface area (Å²) in [6.45, 7) is 0. The van der Waals surface area contributed by atoms with Gasteiger partial charge in [-0.2, -0.15) is 0 Å². The molecule has 0 bridgehead atoms. The van der Waals surface area contributed by atoms with Crippen LogP contribution < -0.4 is 29.1 Å². The zero-order chi connectivity index (χ0) is 48.1. The van der Waals surface area contributed by atoms with Gasteiger partial charge < -0.3 is 19.3 Å². The molecule has 0 heterocycles. The summed E-state index contributed by atoms with van der Waals surface area (Å²) in [6.07, 6.45) is 3.85. The lowest BCUT2D eigenvalue weighted by Gasteiger charge is -2.28. The molecular weight excluding hydrogens is 865 g/mol. The zero-order valence-corrected chi connectivity index (χ0v) is 38.7. The molecule has 0 saturated heterocycles. The smallest absolute Gasteiger partial charge is 0.160 e. The molecule has 0 spiro atoms. The van der Waals surface area contributed by atoms with E-state index in [0.717, 1.165) is 79.5 Å². The molecule has 342 valence electrons.